The van der Waals surface area contributed by atoms with Crippen LogP contribution in [0.15, 0.2) is 12.4 Å². The highest BCUT2D eigenvalue weighted by atomic mass is 16.3. The minimum atomic E-state index is -0.351. The zero-order valence-electron chi connectivity index (χ0n) is 9.77. The number of rotatable bonds is 2. The second-order valence-electron chi connectivity index (χ2n) is 5.38. The maximum absolute atomic E-state index is 10.3. The first-order valence-electron chi connectivity index (χ1n) is 5.67. The van der Waals surface area contributed by atoms with E-state index in [4.69, 9.17) is 0 Å². The average molecular weight is 208 g/mol. The molecular weight excluding hydrogens is 188 g/mol. The zero-order valence-corrected chi connectivity index (χ0v) is 9.77. The molecule has 0 spiro atoms. The molecule has 2 unspecified atom stereocenters. The van der Waals surface area contributed by atoms with Crippen molar-refractivity contribution in [1.82, 2.24) is 9.78 Å². The maximum atomic E-state index is 10.3. The minimum Gasteiger partial charge on any atom is -0.388 e. The topological polar surface area (TPSA) is 38.0 Å². The number of hydrogen-bond acceptors (Lipinski definition) is 2. The van der Waals surface area contributed by atoms with Gasteiger partial charge in [0.1, 0.15) is 0 Å². The molecule has 0 aromatic carbocycles. The van der Waals surface area contributed by atoms with Crippen molar-refractivity contribution in [3.8, 4) is 0 Å². The fourth-order valence-corrected chi connectivity index (χ4v) is 2.76. The highest BCUT2D eigenvalue weighted by Gasteiger charge is 2.39. The Labute approximate surface area is 91.1 Å². The summed E-state index contributed by atoms with van der Waals surface area (Å²) < 4.78 is 1.75. The van der Waals surface area contributed by atoms with Crippen LogP contribution in [-0.4, -0.2) is 14.9 Å². The Morgan fingerprint density at radius 3 is 2.80 bits per heavy atom. The van der Waals surface area contributed by atoms with Crippen molar-refractivity contribution in [2.75, 3.05) is 0 Å². The van der Waals surface area contributed by atoms with E-state index in [9.17, 15) is 5.11 Å². The predicted octanol–water partition coefficient (Wildman–Crippen LogP) is 2.28. The molecule has 0 aliphatic heterocycles. The number of aliphatic hydroxyl groups excluding tert-OH is 1. The van der Waals surface area contributed by atoms with E-state index in [1.807, 2.05) is 13.2 Å². The van der Waals surface area contributed by atoms with Gasteiger partial charge in [-0.1, -0.05) is 20.3 Å². The van der Waals surface area contributed by atoms with Crippen molar-refractivity contribution in [1.29, 1.82) is 0 Å². The first kappa shape index (κ1) is 10.7. The van der Waals surface area contributed by atoms with Crippen LogP contribution in [0.25, 0.3) is 0 Å². The average Bonchev–Trinajstić information content (AvgIpc) is 2.70. The molecule has 1 aliphatic carbocycles. The summed E-state index contributed by atoms with van der Waals surface area (Å²) in [5.41, 5.74) is 1.22. The van der Waals surface area contributed by atoms with Crippen LogP contribution in [0.5, 0.6) is 0 Å². The van der Waals surface area contributed by atoms with Gasteiger partial charge in [-0.15, -0.1) is 0 Å². The largest absolute Gasteiger partial charge is 0.388 e. The first-order valence-corrected chi connectivity index (χ1v) is 5.67. The van der Waals surface area contributed by atoms with Gasteiger partial charge in [0, 0.05) is 18.8 Å². The molecule has 0 amide bonds. The molecule has 0 saturated heterocycles. The van der Waals surface area contributed by atoms with Crippen LogP contribution in [0.2, 0.25) is 0 Å². The SMILES string of the molecule is Cn1cc(C(O)C2CCCC2(C)C)cn1. The molecule has 0 radical (unpaired) electrons. The van der Waals surface area contributed by atoms with Crippen LogP contribution >= 0.6 is 0 Å². The Morgan fingerprint density at radius 2 is 2.33 bits per heavy atom. The van der Waals surface area contributed by atoms with Crippen molar-refractivity contribution in [2.24, 2.45) is 18.4 Å². The standard InChI is InChI=1S/C12H20N2O/c1-12(2)6-4-5-10(12)11(15)9-7-13-14(3)8-9/h7-8,10-11,15H,4-6H2,1-3H3. The molecule has 15 heavy (non-hydrogen) atoms. The van der Waals surface area contributed by atoms with Gasteiger partial charge < -0.3 is 5.11 Å². The van der Waals surface area contributed by atoms with Gasteiger partial charge in [-0.3, -0.25) is 4.68 Å². The van der Waals surface area contributed by atoms with Crippen molar-refractivity contribution in [2.45, 2.75) is 39.2 Å². The van der Waals surface area contributed by atoms with Gasteiger partial charge in [-0.05, 0) is 24.2 Å². The molecule has 0 bridgehead atoms. The monoisotopic (exact) mass is 208 g/mol. The Hall–Kier alpha value is -0.830. The minimum absolute atomic E-state index is 0.259. The fraction of sp³-hybridized carbons (Fsp3) is 0.750. The lowest BCUT2D eigenvalue weighted by Crippen LogP contribution is -2.23. The number of aryl methyl sites for hydroxylation is 1. The fourth-order valence-electron chi connectivity index (χ4n) is 2.76. The van der Waals surface area contributed by atoms with Gasteiger partial charge in [0.25, 0.3) is 0 Å². The van der Waals surface area contributed by atoms with Crippen LogP contribution in [-0.2, 0) is 7.05 Å². The van der Waals surface area contributed by atoms with Gasteiger partial charge in [0.05, 0.1) is 12.3 Å². The second kappa shape index (κ2) is 3.63. The molecule has 3 nitrogen and oxygen atoms in total. The summed E-state index contributed by atoms with van der Waals surface area (Å²) in [5, 5.41) is 14.4. The number of hydrogen-bond donors (Lipinski definition) is 1. The van der Waals surface area contributed by atoms with Crippen molar-refractivity contribution >= 4 is 0 Å². The van der Waals surface area contributed by atoms with Gasteiger partial charge >= 0.3 is 0 Å². The van der Waals surface area contributed by atoms with Crippen LogP contribution in [0.4, 0.5) is 0 Å². The van der Waals surface area contributed by atoms with Gasteiger partial charge in [0.15, 0.2) is 0 Å². The molecule has 1 aromatic heterocycles. The Bertz CT molecular complexity index is 343. The van der Waals surface area contributed by atoms with E-state index >= 15 is 0 Å². The summed E-state index contributed by atoms with van der Waals surface area (Å²) in [4.78, 5) is 0. The number of aromatic nitrogens is 2. The molecule has 1 N–H and O–H groups in total. The summed E-state index contributed by atoms with van der Waals surface area (Å²) in [6.45, 7) is 4.51. The molecule has 1 saturated carbocycles. The third-order valence-corrected chi connectivity index (χ3v) is 3.79. The normalized spacial score (nSPS) is 26.8. The van der Waals surface area contributed by atoms with Crippen LogP contribution in [0.3, 0.4) is 0 Å². The lowest BCUT2D eigenvalue weighted by atomic mass is 9.77. The Morgan fingerprint density at radius 1 is 1.60 bits per heavy atom. The highest BCUT2D eigenvalue weighted by molar-refractivity contribution is 5.11. The lowest BCUT2D eigenvalue weighted by Gasteiger charge is -2.30. The number of aliphatic hydroxyl groups is 1. The molecule has 2 atom stereocenters. The highest BCUT2D eigenvalue weighted by Crippen LogP contribution is 2.48. The quantitative estimate of drug-likeness (QED) is 0.809. The van der Waals surface area contributed by atoms with Gasteiger partial charge in [0.2, 0.25) is 0 Å². The molecule has 3 heteroatoms. The maximum Gasteiger partial charge on any atom is 0.0853 e. The second-order valence-corrected chi connectivity index (χ2v) is 5.38. The van der Waals surface area contributed by atoms with Crippen LogP contribution in [0, 0.1) is 11.3 Å². The predicted molar refractivity (Wildman–Crippen MR) is 59.3 cm³/mol. The Balaban J connectivity index is 2.17. The smallest absolute Gasteiger partial charge is 0.0853 e. The third-order valence-electron chi connectivity index (χ3n) is 3.79. The van der Waals surface area contributed by atoms with Gasteiger partial charge in [-0.2, -0.15) is 5.10 Å². The lowest BCUT2D eigenvalue weighted by molar-refractivity contribution is 0.0531. The van der Waals surface area contributed by atoms with E-state index in [0.717, 1.165) is 12.0 Å². The Kier molecular flexibility index (Phi) is 2.59. The van der Waals surface area contributed by atoms with Crippen LogP contribution < -0.4 is 0 Å². The van der Waals surface area contributed by atoms with E-state index in [1.165, 1.54) is 12.8 Å². The summed E-state index contributed by atoms with van der Waals surface area (Å²) in [6, 6.07) is 0. The molecule has 1 aromatic rings. The summed E-state index contributed by atoms with van der Waals surface area (Å²) in [7, 11) is 1.88. The first-order chi connectivity index (χ1) is 7.00. The van der Waals surface area contributed by atoms with E-state index in [1.54, 1.807) is 10.9 Å². The summed E-state index contributed by atoms with van der Waals surface area (Å²) in [6.07, 6.45) is 6.92. The van der Waals surface area contributed by atoms with Crippen LogP contribution in [0.1, 0.15) is 44.8 Å². The van der Waals surface area contributed by atoms with E-state index in [-0.39, 0.29) is 11.5 Å². The summed E-state index contributed by atoms with van der Waals surface area (Å²) in [5.74, 6) is 0.377. The van der Waals surface area contributed by atoms with Crippen molar-refractivity contribution in [3.05, 3.63) is 18.0 Å². The number of nitrogens with zero attached hydrogens (tertiary/aromatic N) is 2. The molecule has 84 valence electrons. The molecule has 1 fully saturated rings. The summed E-state index contributed by atoms with van der Waals surface area (Å²) >= 11 is 0. The van der Waals surface area contributed by atoms with E-state index in [0.29, 0.717) is 5.92 Å². The molecular formula is C12H20N2O. The van der Waals surface area contributed by atoms with E-state index in [2.05, 4.69) is 18.9 Å². The molecule has 2 rings (SSSR count). The molecule has 1 aliphatic rings. The third kappa shape index (κ3) is 1.93. The van der Waals surface area contributed by atoms with E-state index < -0.39 is 0 Å². The van der Waals surface area contributed by atoms with Crippen molar-refractivity contribution in [3.63, 3.8) is 0 Å². The molecule has 1 heterocycles. The van der Waals surface area contributed by atoms with Crippen molar-refractivity contribution < 1.29 is 5.11 Å². The zero-order chi connectivity index (χ0) is 11.1. The van der Waals surface area contributed by atoms with Gasteiger partial charge in [-0.25, -0.2) is 0 Å².